The van der Waals surface area contributed by atoms with Crippen LogP contribution in [-0.4, -0.2) is 31.1 Å². The monoisotopic (exact) mass is 349 g/mol. The summed E-state index contributed by atoms with van der Waals surface area (Å²) >= 11 is 0. The van der Waals surface area contributed by atoms with Crippen molar-refractivity contribution in [3.63, 3.8) is 0 Å². The summed E-state index contributed by atoms with van der Waals surface area (Å²) in [6, 6.07) is 7.60. The van der Waals surface area contributed by atoms with Crippen LogP contribution in [-0.2, 0) is 4.79 Å². The van der Waals surface area contributed by atoms with Crippen molar-refractivity contribution in [3.8, 4) is 0 Å². The molecule has 4 rings (SSSR count). The van der Waals surface area contributed by atoms with Crippen LogP contribution < -0.4 is 10.6 Å². The molecule has 1 heterocycles. The second kappa shape index (κ2) is 7.58. The lowest BCUT2D eigenvalue weighted by Gasteiger charge is -2.31. The lowest BCUT2D eigenvalue weighted by Crippen LogP contribution is -2.40. The summed E-state index contributed by atoms with van der Waals surface area (Å²) in [5.74, 6) is 0.546. The minimum Gasteiger partial charge on any atom is -0.336 e. The first kappa shape index (κ1) is 17.2. The Balaban J connectivity index is 1.70. The number of nitrogens with two attached hydrogens (primary N) is 1. The number of benzene rings is 1. The molecule has 1 aliphatic heterocycles. The van der Waals surface area contributed by atoms with Gasteiger partial charge in [-0.1, -0.05) is 50.0 Å². The number of carbonyl (C=O) groups is 1. The van der Waals surface area contributed by atoms with Crippen LogP contribution in [0.4, 0.5) is 5.69 Å². The van der Waals surface area contributed by atoms with Crippen molar-refractivity contribution in [1.29, 1.82) is 0 Å². The van der Waals surface area contributed by atoms with Gasteiger partial charge in [0.05, 0.1) is 24.0 Å². The van der Waals surface area contributed by atoms with Crippen LogP contribution in [0, 0.1) is 5.92 Å². The molecule has 0 spiro atoms. The van der Waals surface area contributed by atoms with E-state index in [1.807, 2.05) is 30.5 Å². The lowest BCUT2D eigenvalue weighted by molar-refractivity contribution is -0.116. The van der Waals surface area contributed by atoms with Gasteiger partial charge >= 0.3 is 0 Å². The Bertz CT molecular complexity index is 769. The van der Waals surface area contributed by atoms with Crippen LogP contribution in [0.2, 0.25) is 0 Å². The van der Waals surface area contributed by atoms with E-state index in [0.29, 0.717) is 19.0 Å². The standard InChI is InChI=1S/C22H27N3O/c23-19-13-18(16-7-3-1-2-4-8-16)14-21(22(19)26)25-12-11-24-15-17-9-5-6-10-20(17)25/h5-6,9-10,13-16,19H,1-4,7-8,11-12,23H2. The first-order chi connectivity index (χ1) is 12.7. The number of ketones is 1. The second-order valence-corrected chi connectivity index (χ2v) is 7.52. The fraction of sp³-hybridized carbons (Fsp3) is 0.455. The molecule has 4 nitrogen and oxygen atoms in total. The second-order valence-electron chi connectivity index (χ2n) is 7.52. The molecule has 1 saturated carbocycles. The fourth-order valence-corrected chi connectivity index (χ4v) is 4.34. The van der Waals surface area contributed by atoms with Gasteiger partial charge in [-0.15, -0.1) is 0 Å². The number of fused-ring (bicyclic) bond motifs is 1. The van der Waals surface area contributed by atoms with Crippen molar-refractivity contribution in [2.45, 2.75) is 44.6 Å². The zero-order chi connectivity index (χ0) is 17.9. The molecule has 1 aromatic carbocycles. The van der Waals surface area contributed by atoms with Crippen molar-refractivity contribution in [2.24, 2.45) is 16.6 Å². The molecule has 1 fully saturated rings. The Hall–Kier alpha value is -2.20. The zero-order valence-electron chi connectivity index (χ0n) is 15.2. The number of Topliss-reactive ketones (excluding diaryl/α,β-unsaturated/α-hetero) is 1. The smallest absolute Gasteiger partial charge is 0.199 e. The molecule has 0 saturated heterocycles. The molecule has 1 atom stereocenters. The van der Waals surface area contributed by atoms with E-state index < -0.39 is 6.04 Å². The highest BCUT2D eigenvalue weighted by Gasteiger charge is 2.30. The Morgan fingerprint density at radius 2 is 1.85 bits per heavy atom. The van der Waals surface area contributed by atoms with Crippen molar-refractivity contribution >= 4 is 17.7 Å². The molecule has 1 unspecified atom stereocenters. The van der Waals surface area contributed by atoms with E-state index in [9.17, 15) is 4.79 Å². The number of carbonyl (C=O) groups excluding carboxylic acids is 1. The summed E-state index contributed by atoms with van der Waals surface area (Å²) in [6.07, 6.45) is 13.6. The maximum Gasteiger partial charge on any atom is 0.199 e. The third-order valence-corrected chi connectivity index (χ3v) is 5.76. The molecule has 1 aromatic rings. The van der Waals surface area contributed by atoms with Crippen molar-refractivity contribution in [2.75, 3.05) is 18.0 Å². The van der Waals surface area contributed by atoms with Crippen molar-refractivity contribution < 1.29 is 4.79 Å². The minimum atomic E-state index is -0.537. The van der Waals surface area contributed by atoms with E-state index in [2.05, 4.69) is 22.0 Å². The van der Waals surface area contributed by atoms with E-state index >= 15 is 0 Å². The molecule has 0 bridgehead atoms. The number of nitrogens with zero attached hydrogens (tertiary/aromatic N) is 2. The van der Waals surface area contributed by atoms with Crippen LogP contribution in [0.15, 0.2) is 52.7 Å². The number of anilines is 1. The van der Waals surface area contributed by atoms with Gasteiger partial charge in [0.25, 0.3) is 0 Å². The summed E-state index contributed by atoms with van der Waals surface area (Å²) in [6.45, 7) is 1.38. The number of aliphatic imine (C=N–C) groups is 1. The predicted octanol–water partition coefficient (Wildman–Crippen LogP) is 3.62. The maximum atomic E-state index is 12.9. The molecule has 0 aromatic heterocycles. The van der Waals surface area contributed by atoms with E-state index in [-0.39, 0.29) is 5.78 Å². The molecule has 0 amide bonds. The van der Waals surface area contributed by atoms with Gasteiger partial charge in [-0.3, -0.25) is 9.79 Å². The number of hydrogen-bond acceptors (Lipinski definition) is 4. The summed E-state index contributed by atoms with van der Waals surface area (Å²) in [5.41, 5.74) is 10.3. The summed E-state index contributed by atoms with van der Waals surface area (Å²) < 4.78 is 0. The third kappa shape index (κ3) is 3.38. The van der Waals surface area contributed by atoms with Gasteiger partial charge in [0.15, 0.2) is 5.78 Å². The molecule has 2 N–H and O–H groups in total. The van der Waals surface area contributed by atoms with Gasteiger partial charge in [-0.25, -0.2) is 0 Å². The van der Waals surface area contributed by atoms with Crippen LogP contribution in [0.3, 0.4) is 0 Å². The number of benzodiazepines with no additional fused rings is 1. The predicted molar refractivity (Wildman–Crippen MR) is 107 cm³/mol. The van der Waals surface area contributed by atoms with E-state index in [1.165, 1.54) is 44.1 Å². The largest absolute Gasteiger partial charge is 0.336 e. The SMILES string of the molecule is NC1C=C(C2CCCCCC2)C=C(N2CCN=Cc3ccccc32)C1=O. The highest BCUT2D eigenvalue weighted by molar-refractivity contribution is 6.06. The summed E-state index contributed by atoms with van der Waals surface area (Å²) in [7, 11) is 0. The minimum absolute atomic E-state index is 0.0130. The number of rotatable bonds is 2. The molecule has 3 aliphatic rings. The molecule has 26 heavy (non-hydrogen) atoms. The van der Waals surface area contributed by atoms with Gasteiger partial charge in [-0.2, -0.15) is 0 Å². The lowest BCUT2D eigenvalue weighted by atomic mass is 9.85. The highest BCUT2D eigenvalue weighted by atomic mass is 16.1. The van der Waals surface area contributed by atoms with Crippen LogP contribution >= 0.6 is 0 Å². The normalized spacial score (nSPS) is 24.4. The summed E-state index contributed by atoms with van der Waals surface area (Å²) in [4.78, 5) is 19.5. The average Bonchev–Trinajstić information content (AvgIpc) is 3.05. The number of para-hydroxylation sites is 1. The molecule has 0 radical (unpaired) electrons. The molecule has 136 valence electrons. The van der Waals surface area contributed by atoms with E-state index in [0.717, 1.165) is 16.9 Å². The Morgan fingerprint density at radius 3 is 2.65 bits per heavy atom. The maximum absolute atomic E-state index is 12.9. The molecule has 2 aliphatic carbocycles. The molecular weight excluding hydrogens is 322 g/mol. The first-order valence-electron chi connectivity index (χ1n) is 9.83. The fourth-order valence-electron chi connectivity index (χ4n) is 4.34. The Labute approximate surface area is 155 Å². The van der Waals surface area contributed by atoms with Gasteiger partial charge in [0, 0.05) is 18.3 Å². The molecular formula is C22H27N3O. The topological polar surface area (TPSA) is 58.7 Å². The van der Waals surface area contributed by atoms with Crippen LogP contribution in [0.25, 0.3) is 0 Å². The van der Waals surface area contributed by atoms with Gasteiger partial charge in [0.1, 0.15) is 0 Å². The van der Waals surface area contributed by atoms with E-state index in [1.54, 1.807) is 0 Å². The van der Waals surface area contributed by atoms with Gasteiger partial charge < -0.3 is 10.6 Å². The Kier molecular flexibility index (Phi) is 5.02. The Morgan fingerprint density at radius 1 is 1.08 bits per heavy atom. The quantitative estimate of drug-likeness (QED) is 0.830. The van der Waals surface area contributed by atoms with Gasteiger partial charge in [-0.05, 0) is 36.5 Å². The third-order valence-electron chi connectivity index (χ3n) is 5.76. The highest BCUT2D eigenvalue weighted by Crippen LogP contribution is 2.34. The van der Waals surface area contributed by atoms with Crippen LogP contribution in [0.1, 0.15) is 44.1 Å². The van der Waals surface area contributed by atoms with Crippen LogP contribution in [0.5, 0.6) is 0 Å². The molecule has 4 heteroatoms. The van der Waals surface area contributed by atoms with Gasteiger partial charge in [0.2, 0.25) is 0 Å². The average molecular weight is 349 g/mol. The summed E-state index contributed by atoms with van der Waals surface area (Å²) in [5, 5.41) is 0. The van der Waals surface area contributed by atoms with E-state index in [4.69, 9.17) is 5.73 Å². The number of allylic oxidation sites excluding steroid dienone is 2. The zero-order valence-corrected chi connectivity index (χ0v) is 15.2. The van der Waals surface area contributed by atoms with Crippen molar-refractivity contribution in [1.82, 2.24) is 0 Å². The number of hydrogen-bond donors (Lipinski definition) is 1. The first-order valence-corrected chi connectivity index (χ1v) is 9.83. The van der Waals surface area contributed by atoms with Crippen molar-refractivity contribution in [3.05, 3.63) is 53.3 Å².